The zero-order valence-corrected chi connectivity index (χ0v) is 27.0. The van der Waals surface area contributed by atoms with E-state index in [1.807, 2.05) is 85.8 Å². The molecule has 1 aromatic heterocycles. The van der Waals surface area contributed by atoms with Crippen LogP contribution in [0.2, 0.25) is 5.02 Å². The Morgan fingerprint density at radius 3 is 2.23 bits per heavy atom. The van der Waals surface area contributed by atoms with Gasteiger partial charge in [0.25, 0.3) is 0 Å². The van der Waals surface area contributed by atoms with Crippen molar-refractivity contribution in [2.24, 2.45) is 5.16 Å². The number of halogens is 1. The Morgan fingerprint density at radius 2 is 1.57 bits per heavy atom. The molecular weight excluding hydrogens is 615 g/mol. The summed E-state index contributed by atoms with van der Waals surface area (Å²) in [6.45, 7) is 6.58. The van der Waals surface area contributed by atoms with Gasteiger partial charge in [0.05, 0.1) is 0 Å². The molecule has 5 aromatic rings. The fourth-order valence-corrected chi connectivity index (χ4v) is 6.49. The lowest BCUT2D eigenvalue weighted by molar-refractivity contribution is 0.103. The fraction of sp³-hybridized carbons (Fsp3) is 0.206. The van der Waals surface area contributed by atoms with E-state index < -0.39 is 8.25 Å². The second-order valence-corrected chi connectivity index (χ2v) is 12.5. The Bertz CT molecular complexity index is 1900. The van der Waals surface area contributed by atoms with Crippen LogP contribution in [0.3, 0.4) is 0 Å². The topological polar surface area (TPSA) is 87.0 Å². The molecule has 0 spiro atoms. The van der Waals surface area contributed by atoms with Gasteiger partial charge in [0.15, 0.2) is 5.78 Å². The number of oxime groups is 1. The number of hydrogen-bond donors (Lipinski definition) is 0. The van der Waals surface area contributed by atoms with Crippen molar-refractivity contribution >= 4 is 70.7 Å². The van der Waals surface area contributed by atoms with Gasteiger partial charge in [-0.2, -0.15) is 0 Å². The van der Waals surface area contributed by atoms with Crippen LogP contribution >= 0.6 is 31.6 Å². The molecule has 5 rings (SSSR count). The summed E-state index contributed by atoms with van der Waals surface area (Å²) in [6, 6.07) is 26.2. The summed E-state index contributed by atoms with van der Waals surface area (Å²) < 4.78 is 24.2. The van der Waals surface area contributed by atoms with E-state index in [9.17, 15) is 14.2 Å². The molecule has 1 atom stereocenters. The van der Waals surface area contributed by atoms with Crippen molar-refractivity contribution in [1.29, 1.82) is 0 Å². The average molecular weight is 646 g/mol. The van der Waals surface area contributed by atoms with Crippen LogP contribution < -0.4 is 0 Å². The number of nitrogens with zero attached hydrogens (tertiary/aromatic N) is 2. The van der Waals surface area contributed by atoms with E-state index in [4.69, 9.17) is 20.7 Å². The molecule has 0 aliphatic rings. The Labute approximate surface area is 266 Å². The number of benzene rings is 4. The minimum absolute atomic E-state index is 0.0530. The Balaban J connectivity index is 1.50. The third-order valence-corrected chi connectivity index (χ3v) is 9.18. The van der Waals surface area contributed by atoms with Crippen molar-refractivity contribution in [3.63, 3.8) is 0 Å². The zero-order chi connectivity index (χ0) is 31.2. The van der Waals surface area contributed by atoms with Crippen molar-refractivity contribution in [3.05, 3.63) is 112 Å². The number of carbonyl (C=O) groups excluding carboxylic acids is 2. The maximum atomic E-state index is 13.8. The van der Waals surface area contributed by atoms with E-state index in [-0.39, 0.29) is 30.3 Å². The van der Waals surface area contributed by atoms with Gasteiger partial charge in [0, 0.05) is 71.7 Å². The minimum atomic E-state index is -2.50. The number of thioether (sulfide) groups is 1. The molecule has 7 nitrogen and oxygen atoms in total. The molecule has 0 saturated heterocycles. The lowest BCUT2D eigenvalue weighted by Gasteiger charge is -2.06. The van der Waals surface area contributed by atoms with Gasteiger partial charge >= 0.3 is 8.25 Å². The van der Waals surface area contributed by atoms with Crippen LogP contribution in [0, 0.1) is 6.92 Å². The van der Waals surface area contributed by atoms with Crippen LogP contribution in [0.1, 0.15) is 52.1 Å². The monoisotopic (exact) mass is 645 g/mol. The number of carbonyl (C=O) groups is 2. The molecule has 44 heavy (non-hydrogen) atoms. The van der Waals surface area contributed by atoms with E-state index in [1.54, 1.807) is 24.8 Å². The number of aryl methyl sites for hydroxylation is 2. The maximum Gasteiger partial charge on any atom is 0.772 e. The van der Waals surface area contributed by atoms with E-state index >= 15 is 0 Å². The van der Waals surface area contributed by atoms with Crippen molar-refractivity contribution in [3.8, 4) is 0 Å². The van der Waals surface area contributed by atoms with Crippen LogP contribution in [-0.2, 0) is 20.3 Å². The molecule has 0 N–H and O–H groups in total. The Morgan fingerprint density at radius 1 is 0.909 bits per heavy atom. The summed E-state index contributed by atoms with van der Waals surface area (Å²) in [5, 5.41) is 6.35. The quantitative estimate of drug-likeness (QED) is 0.0417. The van der Waals surface area contributed by atoms with Crippen LogP contribution in [0.5, 0.6) is 0 Å². The highest BCUT2D eigenvalue weighted by atomic mass is 35.5. The van der Waals surface area contributed by atoms with Crippen LogP contribution in [-0.4, -0.2) is 34.2 Å². The fourth-order valence-electron chi connectivity index (χ4n) is 5.09. The third kappa shape index (κ3) is 6.95. The van der Waals surface area contributed by atoms with Crippen LogP contribution in [0.4, 0.5) is 0 Å². The maximum absolute atomic E-state index is 13.8. The van der Waals surface area contributed by atoms with Crippen molar-refractivity contribution in [1.82, 2.24) is 4.57 Å². The lowest BCUT2D eigenvalue weighted by Crippen LogP contribution is -2.16. The number of fused-ring (bicyclic) bond motifs is 3. The molecule has 0 fully saturated rings. The number of ketones is 2. The van der Waals surface area contributed by atoms with Gasteiger partial charge in [-0.15, -0.1) is 20.9 Å². The van der Waals surface area contributed by atoms with Crippen molar-refractivity contribution in [2.45, 2.75) is 38.6 Å². The molecule has 4 aromatic carbocycles. The highest BCUT2D eigenvalue weighted by Crippen LogP contribution is 2.32. The van der Waals surface area contributed by atoms with Gasteiger partial charge in [0.2, 0.25) is 5.78 Å². The molecular formula is C34H31ClN2O5PS+. The third-order valence-electron chi connectivity index (χ3n) is 7.23. The number of aromatic nitrogens is 1. The largest absolute Gasteiger partial charge is 0.772 e. The van der Waals surface area contributed by atoms with Crippen LogP contribution in [0.15, 0.2) is 95.0 Å². The van der Waals surface area contributed by atoms with Gasteiger partial charge < -0.3 is 4.57 Å². The van der Waals surface area contributed by atoms with Gasteiger partial charge in [-0.25, -0.2) is 0 Å². The highest BCUT2D eigenvalue weighted by Gasteiger charge is 2.24. The molecule has 0 amide bonds. The van der Waals surface area contributed by atoms with Crippen LogP contribution in [0.25, 0.3) is 21.8 Å². The summed E-state index contributed by atoms with van der Waals surface area (Å²) in [5.41, 5.74) is 4.61. The summed E-state index contributed by atoms with van der Waals surface area (Å²) in [4.78, 5) is 28.3. The highest BCUT2D eigenvalue weighted by molar-refractivity contribution is 7.99. The normalized spacial score (nSPS) is 12.1. The number of Topliss-reactive ketones (excluding diaryl/α,β-unsaturated/α-hetero) is 1. The minimum Gasteiger partial charge on any atom is -0.341 e. The second-order valence-electron chi connectivity index (χ2n) is 9.99. The predicted molar refractivity (Wildman–Crippen MR) is 179 cm³/mol. The first-order valence-electron chi connectivity index (χ1n) is 14.2. The van der Waals surface area contributed by atoms with Gasteiger partial charge in [-0.05, 0) is 92.2 Å². The molecule has 0 bridgehead atoms. The van der Waals surface area contributed by atoms with E-state index in [1.165, 1.54) is 0 Å². The summed E-state index contributed by atoms with van der Waals surface area (Å²) in [6.07, 6.45) is 0.269. The second kappa shape index (κ2) is 14.3. The molecule has 10 heteroatoms. The van der Waals surface area contributed by atoms with Gasteiger partial charge in [0.1, 0.15) is 12.3 Å². The van der Waals surface area contributed by atoms with Gasteiger partial charge in [-0.3, -0.25) is 9.59 Å². The SMILES string of the molecule is CCO[P+](=O)O/N=C(\CCSc1ccc(Cl)cc1)C(=O)c1ccc2c(c1)c1cc(C(=O)c3ccccc3C)ccc1n2CC. The van der Waals surface area contributed by atoms with Crippen molar-refractivity contribution < 1.29 is 23.3 Å². The predicted octanol–water partition coefficient (Wildman–Crippen LogP) is 9.44. The number of hydrogen-bond acceptors (Lipinski definition) is 7. The zero-order valence-electron chi connectivity index (χ0n) is 24.6. The summed E-state index contributed by atoms with van der Waals surface area (Å²) in [7, 11) is -2.50. The lowest BCUT2D eigenvalue weighted by atomic mass is 9.97. The van der Waals surface area contributed by atoms with E-state index in [2.05, 4.69) is 16.6 Å². The molecule has 1 heterocycles. The summed E-state index contributed by atoms with van der Waals surface area (Å²) >= 11 is 7.54. The average Bonchev–Trinajstić information content (AvgIpc) is 3.35. The summed E-state index contributed by atoms with van der Waals surface area (Å²) in [5.74, 6) is 0.138. The smallest absolute Gasteiger partial charge is 0.341 e. The molecule has 0 radical (unpaired) electrons. The molecule has 1 unspecified atom stereocenters. The first kappa shape index (κ1) is 31.6. The molecule has 0 aliphatic carbocycles. The van der Waals surface area contributed by atoms with Crippen molar-refractivity contribution in [2.75, 3.05) is 12.4 Å². The molecule has 224 valence electrons. The van der Waals surface area contributed by atoms with E-state index in [0.29, 0.717) is 34.0 Å². The molecule has 0 saturated carbocycles. The van der Waals surface area contributed by atoms with Gasteiger partial charge in [-0.1, -0.05) is 35.9 Å². The first-order chi connectivity index (χ1) is 21.3. The molecule has 0 aliphatic heterocycles. The first-order valence-corrected chi connectivity index (χ1v) is 16.7. The Hall–Kier alpha value is -3.81. The Kier molecular flexibility index (Phi) is 10.3. The standard InChI is InChI=1S/C34H31ClN2O5PS/c1-4-37-31-16-10-23(33(38)27-9-7-6-8-22(27)3)20-28(31)29-21-24(11-17-32(29)37)34(39)30(36-42-43(40)41-5-2)18-19-44-26-14-12-25(35)13-15-26/h6-17,20-21H,4-5,18-19H2,1-3H3/q+1/b36-30+. The van der Waals surface area contributed by atoms with E-state index in [0.717, 1.165) is 32.3 Å². The number of rotatable bonds is 13.